The first-order chi connectivity index (χ1) is 8.29. The van der Waals surface area contributed by atoms with Crippen LogP contribution in [0.1, 0.15) is 20.7 Å². The molecule has 1 aromatic rings. The monoisotopic (exact) mass is 335 g/mol. The van der Waals surface area contributed by atoms with Crippen molar-refractivity contribution >= 4 is 24.8 Å². The number of carbonyl (C=O) groups excluding carboxylic acids is 2. The second-order valence-electron chi connectivity index (χ2n) is 3.25. The van der Waals surface area contributed by atoms with Gasteiger partial charge in [-0.05, 0) is 31.1 Å². The van der Waals surface area contributed by atoms with Crippen molar-refractivity contribution in [3.05, 3.63) is 29.3 Å². The molecule has 0 aromatic heterocycles. The first-order valence-corrected chi connectivity index (χ1v) is 6.18. The Kier molecular flexibility index (Phi) is 6.42. The molecular formula is C10H9CuO7P. The first kappa shape index (κ1) is 17.8. The van der Waals surface area contributed by atoms with Crippen molar-refractivity contribution in [2.24, 2.45) is 0 Å². The maximum absolute atomic E-state index is 11.3. The summed E-state index contributed by atoms with van der Waals surface area (Å²) >= 11 is 0. The van der Waals surface area contributed by atoms with Crippen LogP contribution >= 0.6 is 7.60 Å². The van der Waals surface area contributed by atoms with Crippen molar-refractivity contribution in [2.75, 3.05) is 14.2 Å². The summed E-state index contributed by atoms with van der Waals surface area (Å²) in [4.78, 5) is 44.4. The minimum atomic E-state index is -5.09. The minimum absolute atomic E-state index is 0. The van der Waals surface area contributed by atoms with Crippen LogP contribution in [0.15, 0.2) is 18.2 Å². The quantitative estimate of drug-likeness (QED) is 0.387. The van der Waals surface area contributed by atoms with Gasteiger partial charge in [-0.2, -0.15) is 0 Å². The number of benzene rings is 1. The Hall–Kier alpha value is -1.17. The fourth-order valence-corrected chi connectivity index (χ4v) is 1.84. The van der Waals surface area contributed by atoms with Gasteiger partial charge in [-0.1, -0.05) is 0 Å². The summed E-state index contributed by atoms with van der Waals surface area (Å²) in [7, 11) is -2.92. The fourth-order valence-electron chi connectivity index (χ4n) is 1.24. The molecule has 9 heteroatoms. The summed E-state index contributed by atoms with van der Waals surface area (Å²) in [6.07, 6.45) is 0. The van der Waals surface area contributed by atoms with E-state index in [-0.39, 0.29) is 28.2 Å². The van der Waals surface area contributed by atoms with Crippen LogP contribution in [-0.2, 0) is 31.1 Å². The van der Waals surface area contributed by atoms with E-state index in [9.17, 15) is 23.9 Å². The topological polar surface area (TPSA) is 116 Å². The Bertz CT molecular complexity index is 502. The van der Waals surface area contributed by atoms with Gasteiger partial charge in [0.2, 0.25) is 0 Å². The number of esters is 2. The number of hydrogen-bond acceptors (Lipinski definition) is 7. The molecule has 0 fully saturated rings. The van der Waals surface area contributed by atoms with Crippen LogP contribution in [-0.4, -0.2) is 26.2 Å². The van der Waals surface area contributed by atoms with Gasteiger partial charge < -0.3 is 23.8 Å². The average molecular weight is 336 g/mol. The summed E-state index contributed by atoms with van der Waals surface area (Å²) in [5.74, 6) is -1.73. The van der Waals surface area contributed by atoms with Crippen LogP contribution < -0.4 is 15.1 Å². The van der Waals surface area contributed by atoms with E-state index in [4.69, 9.17) is 0 Å². The van der Waals surface area contributed by atoms with Gasteiger partial charge in [0.15, 0.2) is 0 Å². The molecule has 0 amide bonds. The third-order valence-electron chi connectivity index (χ3n) is 2.08. The minimum Gasteiger partial charge on any atom is -0.807 e. The van der Waals surface area contributed by atoms with E-state index in [1.807, 2.05) is 0 Å². The standard InChI is InChI=1S/C10H11O7P.Cu/c1-16-9(11)6-3-7(10(12)17-2)5-8(4-6)18(13,14)15;/h3-5H,1-2H3,(H2,13,14,15);/q;+2/p-2. The third kappa shape index (κ3) is 4.45. The maximum Gasteiger partial charge on any atom is 2.00 e. The molecule has 0 aliphatic carbocycles. The molecule has 107 valence electrons. The Labute approximate surface area is 119 Å². The zero-order valence-corrected chi connectivity index (χ0v) is 11.7. The number of hydrogen-bond donors (Lipinski definition) is 0. The summed E-state index contributed by atoms with van der Waals surface area (Å²) in [5.41, 5.74) is -0.440. The van der Waals surface area contributed by atoms with Gasteiger partial charge in [-0.3, -0.25) is 0 Å². The van der Waals surface area contributed by atoms with Crippen LogP contribution in [0.3, 0.4) is 0 Å². The number of ether oxygens (including phenoxy) is 2. The summed E-state index contributed by atoms with van der Waals surface area (Å²) in [6, 6.07) is 2.77. The Morgan fingerprint density at radius 1 is 1.00 bits per heavy atom. The second kappa shape index (κ2) is 6.84. The summed E-state index contributed by atoms with van der Waals surface area (Å²) in [5, 5.41) is -0.675. The number of rotatable bonds is 3. The van der Waals surface area contributed by atoms with Crippen molar-refractivity contribution in [3.8, 4) is 0 Å². The Morgan fingerprint density at radius 2 is 1.37 bits per heavy atom. The SMILES string of the molecule is COC(=O)c1cc(C(=O)OC)cc(P(=O)([O-])[O-])c1.[Cu+2]. The molecule has 7 nitrogen and oxygen atoms in total. The zero-order valence-electron chi connectivity index (χ0n) is 9.84. The third-order valence-corrected chi connectivity index (χ3v) is 2.97. The number of carbonyl (C=O) groups is 2. The molecule has 0 N–H and O–H groups in total. The van der Waals surface area contributed by atoms with Gasteiger partial charge in [0.1, 0.15) is 0 Å². The predicted octanol–water partition coefficient (Wildman–Crippen LogP) is -1.20. The van der Waals surface area contributed by atoms with Crippen LogP contribution in [0.25, 0.3) is 0 Å². The van der Waals surface area contributed by atoms with E-state index in [0.29, 0.717) is 0 Å². The molecule has 1 aromatic carbocycles. The Morgan fingerprint density at radius 3 is 1.63 bits per heavy atom. The largest absolute Gasteiger partial charge is 2.00 e. The van der Waals surface area contributed by atoms with E-state index in [1.165, 1.54) is 0 Å². The van der Waals surface area contributed by atoms with Gasteiger partial charge >= 0.3 is 29.0 Å². The van der Waals surface area contributed by atoms with Gasteiger partial charge in [-0.25, -0.2) is 9.59 Å². The van der Waals surface area contributed by atoms with Gasteiger partial charge in [-0.15, -0.1) is 0 Å². The smallest absolute Gasteiger partial charge is 0.807 e. The van der Waals surface area contributed by atoms with E-state index in [2.05, 4.69) is 9.47 Å². The molecular weight excluding hydrogens is 327 g/mol. The van der Waals surface area contributed by atoms with Crippen molar-refractivity contribution < 1.29 is 50.5 Å². The molecule has 1 radical (unpaired) electrons. The zero-order chi connectivity index (χ0) is 13.9. The van der Waals surface area contributed by atoms with Crippen LogP contribution in [0, 0.1) is 0 Å². The second-order valence-corrected chi connectivity index (χ2v) is 4.76. The molecule has 0 aliphatic rings. The maximum atomic E-state index is 11.3. The van der Waals surface area contributed by atoms with E-state index >= 15 is 0 Å². The van der Waals surface area contributed by atoms with Crippen molar-refractivity contribution in [3.63, 3.8) is 0 Å². The van der Waals surface area contributed by atoms with Gasteiger partial charge in [0, 0.05) is 0 Å². The molecule has 0 unspecified atom stereocenters. The predicted molar refractivity (Wildman–Crippen MR) is 56.4 cm³/mol. The number of methoxy groups -OCH3 is 2. The van der Waals surface area contributed by atoms with Crippen molar-refractivity contribution in [1.29, 1.82) is 0 Å². The Balaban J connectivity index is 0.00000324. The molecule has 0 saturated heterocycles. The van der Waals surface area contributed by atoms with E-state index < -0.39 is 24.8 Å². The molecule has 1 rings (SSSR count). The van der Waals surface area contributed by atoms with Crippen molar-refractivity contribution in [1.82, 2.24) is 0 Å². The van der Waals surface area contributed by atoms with Crippen molar-refractivity contribution in [2.45, 2.75) is 0 Å². The first-order valence-electron chi connectivity index (χ1n) is 4.64. The molecule has 0 bridgehead atoms. The normalized spacial score (nSPS) is 10.3. The van der Waals surface area contributed by atoms with Crippen LogP contribution in [0.2, 0.25) is 0 Å². The van der Waals surface area contributed by atoms with Crippen LogP contribution in [0.4, 0.5) is 0 Å². The van der Waals surface area contributed by atoms with Gasteiger partial charge in [0.25, 0.3) is 0 Å². The molecule has 0 heterocycles. The average Bonchev–Trinajstić information content (AvgIpc) is 2.35. The summed E-state index contributed by atoms with van der Waals surface area (Å²) in [6.45, 7) is 0. The fraction of sp³-hybridized carbons (Fsp3) is 0.200. The molecule has 0 atom stereocenters. The van der Waals surface area contributed by atoms with Gasteiger partial charge in [0.05, 0.1) is 25.3 Å². The molecule has 0 saturated carbocycles. The van der Waals surface area contributed by atoms with E-state index in [0.717, 1.165) is 32.4 Å². The molecule has 19 heavy (non-hydrogen) atoms. The summed E-state index contributed by atoms with van der Waals surface area (Å²) < 4.78 is 19.7. The molecule has 0 spiro atoms. The van der Waals surface area contributed by atoms with E-state index in [1.54, 1.807) is 0 Å². The molecule has 0 aliphatic heterocycles. The van der Waals surface area contributed by atoms with Crippen LogP contribution in [0.5, 0.6) is 0 Å².